The summed E-state index contributed by atoms with van der Waals surface area (Å²) >= 11 is 11.4. The molecule has 17 heavy (non-hydrogen) atoms. The molecule has 1 nitrogen and oxygen atoms in total. The molecule has 2 aromatic rings. The van der Waals surface area contributed by atoms with E-state index in [-0.39, 0.29) is 0 Å². The molecular weight excluding hydrogens is 318 g/mol. The zero-order valence-electron chi connectivity index (χ0n) is 8.65. The van der Waals surface area contributed by atoms with Crippen LogP contribution in [-0.4, -0.2) is 5.17 Å². The van der Waals surface area contributed by atoms with E-state index in [0.29, 0.717) is 5.17 Å². The van der Waals surface area contributed by atoms with Gasteiger partial charge in [-0.15, -0.1) is 0 Å². The molecule has 0 radical (unpaired) electrons. The summed E-state index contributed by atoms with van der Waals surface area (Å²) in [4.78, 5) is 6.74. The summed E-state index contributed by atoms with van der Waals surface area (Å²) in [5, 5.41) is 0.546. The van der Waals surface area contributed by atoms with E-state index in [2.05, 4.69) is 33.1 Å². The van der Waals surface area contributed by atoms with Crippen LogP contribution < -0.4 is 0 Å². The number of halogens is 2. The van der Waals surface area contributed by atoms with Crippen LogP contribution in [0.15, 0.2) is 61.7 Å². The molecule has 2 aromatic carbocycles. The Hall–Kier alpha value is -0.770. The third kappa shape index (κ3) is 2.15. The number of rotatable bonds is 0. The van der Waals surface area contributed by atoms with Crippen molar-refractivity contribution in [1.82, 2.24) is 0 Å². The SMILES string of the molecule is ClC1=Nc2cc(Br)ccc2Sc2ccccc21. The molecule has 84 valence electrons. The highest BCUT2D eigenvalue weighted by Crippen LogP contribution is 2.41. The first kappa shape index (κ1) is 11.3. The van der Waals surface area contributed by atoms with Gasteiger partial charge in [-0.05, 0) is 24.3 Å². The average Bonchev–Trinajstić information content (AvgIpc) is 2.46. The maximum atomic E-state index is 6.25. The predicted molar refractivity (Wildman–Crippen MR) is 76.8 cm³/mol. The lowest BCUT2D eigenvalue weighted by Gasteiger charge is -2.04. The molecule has 0 N–H and O–H groups in total. The van der Waals surface area contributed by atoms with Crippen LogP contribution in [0.3, 0.4) is 0 Å². The molecule has 0 saturated heterocycles. The largest absolute Gasteiger partial charge is 0.235 e. The van der Waals surface area contributed by atoms with Crippen molar-refractivity contribution >= 4 is 50.2 Å². The van der Waals surface area contributed by atoms with E-state index in [0.717, 1.165) is 25.5 Å². The summed E-state index contributed by atoms with van der Waals surface area (Å²) < 4.78 is 1.01. The maximum absolute atomic E-state index is 6.25. The van der Waals surface area contributed by atoms with Crippen molar-refractivity contribution in [3.05, 3.63) is 52.5 Å². The highest BCUT2D eigenvalue weighted by molar-refractivity contribution is 9.10. The van der Waals surface area contributed by atoms with E-state index in [1.54, 1.807) is 11.8 Å². The molecule has 0 saturated carbocycles. The van der Waals surface area contributed by atoms with Crippen LogP contribution in [0.5, 0.6) is 0 Å². The Morgan fingerprint density at radius 3 is 2.76 bits per heavy atom. The van der Waals surface area contributed by atoms with Gasteiger partial charge in [0, 0.05) is 19.8 Å². The molecule has 1 heterocycles. The lowest BCUT2D eigenvalue weighted by atomic mass is 10.2. The maximum Gasteiger partial charge on any atom is 0.138 e. The van der Waals surface area contributed by atoms with E-state index >= 15 is 0 Å². The second-order valence-electron chi connectivity index (χ2n) is 3.61. The van der Waals surface area contributed by atoms with E-state index in [9.17, 15) is 0 Å². The first-order valence-electron chi connectivity index (χ1n) is 5.05. The van der Waals surface area contributed by atoms with Crippen LogP contribution in [0, 0.1) is 0 Å². The summed E-state index contributed by atoms with van der Waals surface area (Å²) in [5.41, 5.74) is 1.90. The molecule has 4 heteroatoms. The Balaban J connectivity index is 2.24. The minimum Gasteiger partial charge on any atom is -0.235 e. The van der Waals surface area contributed by atoms with Gasteiger partial charge >= 0.3 is 0 Å². The molecule has 0 aliphatic carbocycles. The lowest BCUT2D eigenvalue weighted by Crippen LogP contribution is -1.90. The van der Waals surface area contributed by atoms with Gasteiger partial charge in [0.05, 0.1) is 5.69 Å². The van der Waals surface area contributed by atoms with Crippen LogP contribution in [0.1, 0.15) is 5.56 Å². The molecular formula is C13H7BrClNS. The third-order valence-corrected chi connectivity index (χ3v) is 4.39. The van der Waals surface area contributed by atoms with E-state index in [1.807, 2.05) is 30.3 Å². The zero-order chi connectivity index (χ0) is 11.8. The number of aliphatic imine (C=N–C) groups is 1. The van der Waals surface area contributed by atoms with Crippen molar-refractivity contribution in [3.63, 3.8) is 0 Å². The average molecular weight is 325 g/mol. The quantitative estimate of drug-likeness (QED) is 0.646. The van der Waals surface area contributed by atoms with Crippen molar-refractivity contribution in [2.45, 2.75) is 9.79 Å². The van der Waals surface area contributed by atoms with E-state index in [1.165, 1.54) is 0 Å². The number of benzene rings is 2. The number of hydrogen-bond donors (Lipinski definition) is 0. The molecule has 0 unspecified atom stereocenters. The topological polar surface area (TPSA) is 12.4 Å². The Kier molecular flexibility index (Phi) is 2.99. The van der Waals surface area contributed by atoms with Crippen molar-refractivity contribution in [3.8, 4) is 0 Å². The van der Waals surface area contributed by atoms with Crippen molar-refractivity contribution < 1.29 is 0 Å². The first-order valence-corrected chi connectivity index (χ1v) is 7.04. The Labute approximate surface area is 117 Å². The Morgan fingerprint density at radius 2 is 1.88 bits per heavy atom. The van der Waals surface area contributed by atoms with Gasteiger partial charge in [-0.2, -0.15) is 0 Å². The fourth-order valence-electron chi connectivity index (χ4n) is 1.67. The third-order valence-electron chi connectivity index (χ3n) is 2.47. The van der Waals surface area contributed by atoms with Gasteiger partial charge in [0.15, 0.2) is 0 Å². The Morgan fingerprint density at radius 1 is 1.06 bits per heavy atom. The summed E-state index contributed by atoms with van der Waals surface area (Å²) in [7, 11) is 0. The Bertz CT molecular complexity index is 625. The summed E-state index contributed by atoms with van der Waals surface area (Å²) in [6, 6.07) is 14.1. The van der Waals surface area contributed by atoms with Crippen LogP contribution in [0.2, 0.25) is 0 Å². The highest BCUT2D eigenvalue weighted by atomic mass is 79.9. The van der Waals surface area contributed by atoms with Gasteiger partial charge in [0.25, 0.3) is 0 Å². The molecule has 0 atom stereocenters. The van der Waals surface area contributed by atoms with Crippen LogP contribution in [0.4, 0.5) is 5.69 Å². The van der Waals surface area contributed by atoms with Gasteiger partial charge in [-0.1, -0.05) is 57.5 Å². The normalized spacial score (nSPS) is 13.4. The van der Waals surface area contributed by atoms with Gasteiger partial charge < -0.3 is 0 Å². The van der Waals surface area contributed by atoms with Crippen LogP contribution >= 0.6 is 39.3 Å². The minimum atomic E-state index is 0.546. The van der Waals surface area contributed by atoms with Crippen LogP contribution in [-0.2, 0) is 0 Å². The minimum absolute atomic E-state index is 0.546. The highest BCUT2D eigenvalue weighted by Gasteiger charge is 2.15. The first-order chi connectivity index (χ1) is 8.24. The molecule has 0 bridgehead atoms. The second kappa shape index (κ2) is 4.48. The molecule has 1 aliphatic rings. The van der Waals surface area contributed by atoms with Crippen molar-refractivity contribution in [2.24, 2.45) is 4.99 Å². The van der Waals surface area contributed by atoms with Crippen molar-refractivity contribution in [2.75, 3.05) is 0 Å². The lowest BCUT2D eigenvalue weighted by molar-refractivity contribution is 1.37. The smallest absolute Gasteiger partial charge is 0.138 e. The zero-order valence-corrected chi connectivity index (χ0v) is 11.8. The number of fused-ring (bicyclic) bond motifs is 2. The fraction of sp³-hybridized carbons (Fsp3) is 0. The standard InChI is InChI=1S/C13H7BrClNS/c14-8-5-6-12-10(7-8)16-13(15)9-3-1-2-4-11(9)17-12/h1-7H. The second-order valence-corrected chi connectivity index (χ2v) is 5.97. The molecule has 0 spiro atoms. The number of nitrogens with zero attached hydrogens (tertiary/aromatic N) is 1. The van der Waals surface area contributed by atoms with Gasteiger partial charge in [-0.3, -0.25) is 0 Å². The van der Waals surface area contributed by atoms with Gasteiger partial charge in [-0.25, -0.2) is 4.99 Å². The van der Waals surface area contributed by atoms with Gasteiger partial charge in [0.2, 0.25) is 0 Å². The summed E-state index contributed by atoms with van der Waals surface area (Å²) in [6.45, 7) is 0. The predicted octanol–water partition coefficient (Wildman–Crippen LogP) is 5.23. The van der Waals surface area contributed by atoms with E-state index < -0.39 is 0 Å². The monoisotopic (exact) mass is 323 g/mol. The van der Waals surface area contributed by atoms with Gasteiger partial charge in [0.1, 0.15) is 5.17 Å². The summed E-state index contributed by atoms with van der Waals surface area (Å²) in [5.74, 6) is 0. The fourth-order valence-corrected chi connectivity index (χ4v) is 3.34. The van der Waals surface area contributed by atoms with E-state index in [4.69, 9.17) is 11.6 Å². The summed E-state index contributed by atoms with van der Waals surface area (Å²) in [6.07, 6.45) is 0. The molecule has 0 aromatic heterocycles. The molecule has 3 rings (SSSR count). The molecule has 0 fully saturated rings. The molecule has 1 aliphatic heterocycles. The molecule has 0 amide bonds. The van der Waals surface area contributed by atoms with Crippen molar-refractivity contribution in [1.29, 1.82) is 0 Å². The van der Waals surface area contributed by atoms with Crippen LogP contribution in [0.25, 0.3) is 0 Å². The number of hydrogen-bond acceptors (Lipinski definition) is 2.